The highest BCUT2D eigenvalue weighted by Crippen LogP contribution is 2.40. The molecule has 0 aliphatic carbocycles. The fourth-order valence-corrected chi connectivity index (χ4v) is 2.64. The Kier molecular flexibility index (Phi) is 3.95. The van der Waals surface area contributed by atoms with E-state index in [-0.39, 0.29) is 17.9 Å². The second-order valence-electron chi connectivity index (χ2n) is 5.63. The molecule has 19 heavy (non-hydrogen) atoms. The van der Waals surface area contributed by atoms with Crippen LogP contribution in [0.1, 0.15) is 62.8 Å². The highest BCUT2D eigenvalue weighted by Gasteiger charge is 2.31. The Morgan fingerprint density at radius 3 is 2.63 bits per heavy atom. The Bertz CT molecular complexity index is 496. The van der Waals surface area contributed by atoms with Crippen LogP contribution in [0.4, 0.5) is 5.69 Å². The average Bonchev–Trinajstić information content (AvgIpc) is 2.71. The van der Waals surface area contributed by atoms with E-state index in [0.717, 1.165) is 29.7 Å². The zero-order valence-electron chi connectivity index (χ0n) is 12.3. The number of nitrogens with one attached hydrogen (secondary N) is 1. The summed E-state index contributed by atoms with van der Waals surface area (Å²) in [5.41, 5.74) is 10.8. The van der Waals surface area contributed by atoms with Gasteiger partial charge in [-0.15, -0.1) is 0 Å². The van der Waals surface area contributed by atoms with Crippen LogP contribution < -0.4 is 11.1 Å². The minimum atomic E-state index is -0.0654. The standard InChI is InChI=1S/C16H24N2O/c1-5-9(3)14(17)13-8-11(6-2)7-12-10(4)16(19)18-15(12)13/h7-10,14H,5-6,17H2,1-4H3,(H,18,19). The highest BCUT2D eigenvalue weighted by atomic mass is 16.2. The van der Waals surface area contributed by atoms with Gasteiger partial charge in [0.05, 0.1) is 5.92 Å². The second kappa shape index (κ2) is 5.33. The molecule has 0 radical (unpaired) electrons. The van der Waals surface area contributed by atoms with Gasteiger partial charge in [-0.05, 0) is 36.0 Å². The number of nitrogens with two attached hydrogens (primary N) is 1. The maximum atomic E-state index is 11.9. The van der Waals surface area contributed by atoms with Crippen molar-refractivity contribution in [3.63, 3.8) is 0 Å². The van der Waals surface area contributed by atoms with Crippen LogP contribution in [0.5, 0.6) is 0 Å². The largest absolute Gasteiger partial charge is 0.325 e. The number of carbonyl (C=O) groups excluding carboxylic acids is 1. The lowest BCUT2D eigenvalue weighted by Gasteiger charge is -2.22. The van der Waals surface area contributed by atoms with Gasteiger partial charge >= 0.3 is 0 Å². The van der Waals surface area contributed by atoms with E-state index in [1.54, 1.807) is 0 Å². The maximum absolute atomic E-state index is 11.9. The molecule has 1 aliphatic rings. The third-order valence-electron chi connectivity index (χ3n) is 4.39. The molecule has 0 fully saturated rings. The summed E-state index contributed by atoms with van der Waals surface area (Å²) >= 11 is 0. The minimum Gasteiger partial charge on any atom is -0.325 e. The predicted octanol–water partition coefficient (Wildman–Crippen LogP) is 3.35. The lowest BCUT2D eigenvalue weighted by molar-refractivity contribution is -0.116. The van der Waals surface area contributed by atoms with Gasteiger partial charge in [-0.25, -0.2) is 0 Å². The van der Waals surface area contributed by atoms with E-state index >= 15 is 0 Å². The van der Waals surface area contributed by atoms with Crippen molar-refractivity contribution in [3.05, 3.63) is 28.8 Å². The predicted molar refractivity (Wildman–Crippen MR) is 79.2 cm³/mol. The monoisotopic (exact) mass is 260 g/mol. The number of rotatable bonds is 4. The van der Waals surface area contributed by atoms with E-state index in [0.29, 0.717) is 5.92 Å². The van der Waals surface area contributed by atoms with Gasteiger partial charge in [0, 0.05) is 11.7 Å². The fraction of sp³-hybridized carbons (Fsp3) is 0.562. The Morgan fingerprint density at radius 2 is 2.05 bits per heavy atom. The Balaban J connectivity index is 2.52. The molecule has 0 bridgehead atoms. The molecule has 2 rings (SSSR count). The van der Waals surface area contributed by atoms with Crippen LogP contribution in [0.25, 0.3) is 0 Å². The van der Waals surface area contributed by atoms with Crippen molar-refractivity contribution in [3.8, 4) is 0 Å². The number of aryl methyl sites for hydroxylation is 1. The van der Waals surface area contributed by atoms with Gasteiger partial charge in [-0.1, -0.05) is 39.3 Å². The lowest BCUT2D eigenvalue weighted by Crippen LogP contribution is -2.20. The second-order valence-corrected chi connectivity index (χ2v) is 5.63. The van der Waals surface area contributed by atoms with Crippen LogP contribution in [0.3, 0.4) is 0 Å². The van der Waals surface area contributed by atoms with Crippen molar-refractivity contribution in [2.75, 3.05) is 5.32 Å². The average molecular weight is 260 g/mol. The summed E-state index contributed by atoms with van der Waals surface area (Å²) in [7, 11) is 0. The Labute approximate surface area is 115 Å². The van der Waals surface area contributed by atoms with Crippen molar-refractivity contribution in [1.82, 2.24) is 0 Å². The fourth-order valence-electron chi connectivity index (χ4n) is 2.64. The first-order chi connectivity index (χ1) is 8.99. The summed E-state index contributed by atoms with van der Waals surface area (Å²) in [6.07, 6.45) is 2.00. The molecule has 0 saturated carbocycles. The number of carbonyl (C=O) groups is 1. The number of fused-ring (bicyclic) bond motifs is 1. The number of anilines is 1. The van der Waals surface area contributed by atoms with Crippen LogP contribution in [0.2, 0.25) is 0 Å². The first kappa shape index (κ1) is 14.1. The molecule has 0 spiro atoms. The van der Waals surface area contributed by atoms with Crippen molar-refractivity contribution in [2.45, 2.75) is 52.5 Å². The molecule has 104 valence electrons. The maximum Gasteiger partial charge on any atom is 0.231 e. The molecule has 3 heteroatoms. The summed E-state index contributed by atoms with van der Waals surface area (Å²) in [6.45, 7) is 8.40. The number of hydrogen-bond donors (Lipinski definition) is 2. The zero-order chi connectivity index (χ0) is 14.2. The molecule has 1 aromatic rings. The SMILES string of the molecule is CCc1cc2c(c(C(N)C(C)CC)c1)NC(=O)C2C. The van der Waals surface area contributed by atoms with E-state index in [1.807, 2.05) is 6.92 Å². The number of benzene rings is 1. The van der Waals surface area contributed by atoms with Crippen molar-refractivity contribution < 1.29 is 4.79 Å². The van der Waals surface area contributed by atoms with E-state index < -0.39 is 0 Å². The summed E-state index contributed by atoms with van der Waals surface area (Å²) < 4.78 is 0. The van der Waals surface area contributed by atoms with Crippen LogP contribution in [-0.2, 0) is 11.2 Å². The third-order valence-corrected chi connectivity index (χ3v) is 4.39. The molecule has 3 nitrogen and oxygen atoms in total. The first-order valence-corrected chi connectivity index (χ1v) is 7.22. The van der Waals surface area contributed by atoms with Crippen molar-refractivity contribution >= 4 is 11.6 Å². The van der Waals surface area contributed by atoms with Gasteiger partial charge in [0.25, 0.3) is 0 Å². The van der Waals surface area contributed by atoms with E-state index in [4.69, 9.17) is 5.73 Å². The quantitative estimate of drug-likeness (QED) is 0.872. The number of amides is 1. The summed E-state index contributed by atoms with van der Waals surface area (Å²) in [5.74, 6) is 0.425. The van der Waals surface area contributed by atoms with Gasteiger partial charge < -0.3 is 11.1 Å². The summed E-state index contributed by atoms with van der Waals surface area (Å²) in [4.78, 5) is 11.9. The zero-order valence-corrected chi connectivity index (χ0v) is 12.3. The van der Waals surface area contributed by atoms with Gasteiger partial charge in [-0.2, -0.15) is 0 Å². The van der Waals surface area contributed by atoms with E-state index in [9.17, 15) is 4.79 Å². The molecule has 3 N–H and O–H groups in total. The normalized spacial score (nSPS) is 20.9. The molecule has 1 heterocycles. The van der Waals surface area contributed by atoms with Gasteiger partial charge in [0.15, 0.2) is 0 Å². The Hall–Kier alpha value is -1.35. The third kappa shape index (κ3) is 2.39. The first-order valence-electron chi connectivity index (χ1n) is 7.22. The molecule has 1 aromatic carbocycles. The molecular weight excluding hydrogens is 236 g/mol. The molecule has 3 unspecified atom stereocenters. The van der Waals surface area contributed by atoms with Gasteiger partial charge in [0.1, 0.15) is 0 Å². The molecule has 0 saturated heterocycles. The van der Waals surface area contributed by atoms with Crippen molar-refractivity contribution in [1.29, 1.82) is 0 Å². The van der Waals surface area contributed by atoms with Gasteiger partial charge in [0.2, 0.25) is 5.91 Å². The topological polar surface area (TPSA) is 55.1 Å². The summed E-state index contributed by atoms with van der Waals surface area (Å²) in [6, 6.07) is 4.29. The van der Waals surface area contributed by atoms with Crippen LogP contribution in [0, 0.1) is 5.92 Å². The highest BCUT2D eigenvalue weighted by molar-refractivity contribution is 6.03. The molecule has 3 atom stereocenters. The molecule has 1 aliphatic heterocycles. The van der Waals surface area contributed by atoms with E-state index in [1.165, 1.54) is 5.56 Å². The molecule has 0 aromatic heterocycles. The van der Waals surface area contributed by atoms with Crippen LogP contribution in [-0.4, -0.2) is 5.91 Å². The molecule has 1 amide bonds. The van der Waals surface area contributed by atoms with Crippen LogP contribution in [0.15, 0.2) is 12.1 Å². The smallest absolute Gasteiger partial charge is 0.231 e. The Morgan fingerprint density at radius 1 is 1.37 bits per heavy atom. The van der Waals surface area contributed by atoms with Crippen molar-refractivity contribution in [2.24, 2.45) is 11.7 Å². The van der Waals surface area contributed by atoms with Crippen LogP contribution >= 0.6 is 0 Å². The minimum absolute atomic E-state index is 0.0177. The molecular formula is C16H24N2O. The number of hydrogen-bond acceptors (Lipinski definition) is 2. The lowest BCUT2D eigenvalue weighted by atomic mass is 9.88. The summed E-state index contributed by atoms with van der Waals surface area (Å²) in [5, 5.41) is 3.01. The van der Waals surface area contributed by atoms with E-state index in [2.05, 4.69) is 38.2 Å². The van der Waals surface area contributed by atoms with Gasteiger partial charge in [-0.3, -0.25) is 4.79 Å².